The second-order valence-corrected chi connectivity index (χ2v) is 8.07. The number of fused-ring (bicyclic) bond motifs is 2. The van der Waals surface area contributed by atoms with Gasteiger partial charge in [0.2, 0.25) is 5.95 Å². The summed E-state index contributed by atoms with van der Waals surface area (Å²) in [7, 11) is 3.39. The fourth-order valence-electron chi connectivity index (χ4n) is 4.28. The van der Waals surface area contributed by atoms with Gasteiger partial charge in [0.15, 0.2) is 11.2 Å². The van der Waals surface area contributed by atoms with E-state index < -0.39 is 5.69 Å². The van der Waals surface area contributed by atoms with Gasteiger partial charge in [-0.3, -0.25) is 13.9 Å². The molecule has 1 N–H and O–H groups in total. The summed E-state index contributed by atoms with van der Waals surface area (Å²) in [4.78, 5) is 30.7. The van der Waals surface area contributed by atoms with Gasteiger partial charge in [-0.2, -0.15) is 10.1 Å². The van der Waals surface area contributed by atoms with E-state index in [2.05, 4.69) is 27.6 Å². The first-order valence-corrected chi connectivity index (χ1v) is 10.7. The van der Waals surface area contributed by atoms with Crippen molar-refractivity contribution in [3.63, 3.8) is 0 Å². The van der Waals surface area contributed by atoms with Crippen LogP contribution < -0.4 is 16.7 Å². The summed E-state index contributed by atoms with van der Waals surface area (Å²) in [6.07, 6.45) is 2.96. The third kappa shape index (κ3) is 3.33. The Kier molecular flexibility index (Phi) is 4.97. The standard InChI is InChI=1S/C24H24N6O2/c1-28-20-21(29(2)24(32)30(22(20)31)15-16-9-4-3-5-10-16)25-23(28)27-26-19-14-8-12-17-11-6-7-13-18(17)19/h3-7,9-11,13H,8,12,14-15H2,1-2H3,(H,25,27)/b26-19-. The summed E-state index contributed by atoms with van der Waals surface area (Å²) >= 11 is 0. The number of anilines is 1. The van der Waals surface area contributed by atoms with Crippen LogP contribution in [0.3, 0.4) is 0 Å². The van der Waals surface area contributed by atoms with Crippen LogP contribution in [0, 0.1) is 0 Å². The van der Waals surface area contributed by atoms with Crippen molar-refractivity contribution >= 4 is 22.8 Å². The van der Waals surface area contributed by atoms with Crippen LogP contribution >= 0.6 is 0 Å². The molecule has 32 heavy (non-hydrogen) atoms. The second-order valence-electron chi connectivity index (χ2n) is 8.07. The number of nitrogens with one attached hydrogen (secondary N) is 1. The van der Waals surface area contributed by atoms with E-state index in [9.17, 15) is 9.59 Å². The Hall–Kier alpha value is -3.94. The first-order chi connectivity index (χ1) is 15.5. The summed E-state index contributed by atoms with van der Waals surface area (Å²) in [6, 6.07) is 17.7. The lowest BCUT2D eigenvalue weighted by Gasteiger charge is -2.17. The van der Waals surface area contributed by atoms with Gasteiger partial charge in [0.05, 0.1) is 12.3 Å². The Balaban J connectivity index is 1.56. The molecule has 2 aromatic carbocycles. The van der Waals surface area contributed by atoms with Gasteiger partial charge in [-0.05, 0) is 30.4 Å². The van der Waals surface area contributed by atoms with Crippen molar-refractivity contribution in [3.8, 4) is 0 Å². The number of hydrazone groups is 1. The SMILES string of the molecule is Cn1c(N/N=C2/CCCc3ccccc32)nc2c1c(=O)n(Cc1ccccc1)c(=O)n2C. The minimum atomic E-state index is -0.400. The summed E-state index contributed by atoms with van der Waals surface area (Å²) in [5, 5.41) is 4.61. The number of imidazole rings is 1. The Morgan fingerprint density at radius 1 is 0.969 bits per heavy atom. The fourth-order valence-corrected chi connectivity index (χ4v) is 4.28. The van der Waals surface area contributed by atoms with Crippen molar-refractivity contribution in [3.05, 3.63) is 92.1 Å². The monoisotopic (exact) mass is 428 g/mol. The Morgan fingerprint density at radius 3 is 2.53 bits per heavy atom. The number of benzene rings is 2. The molecular weight excluding hydrogens is 404 g/mol. The molecule has 0 saturated carbocycles. The molecule has 4 aromatic rings. The molecule has 5 rings (SSSR count). The Bertz CT molecular complexity index is 1460. The molecule has 0 spiro atoms. The number of nitrogens with zero attached hydrogens (tertiary/aromatic N) is 5. The van der Waals surface area contributed by atoms with E-state index in [1.54, 1.807) is 18.7 Å². The Morgan fingerprint density at radius 2 is 1.72 bits per heavy atom. The van der Waals surface area contributed by atoms with E-state index in [0.29, 0.717) is 17.1 Å². The van der Waals surface area contributed by atoms with E-state index in [4.69, 9.17) is 0 Å². The van der Waals surface area contributed by atoms with Gasteiger partial charge in [-0.15, -0.1) is 0 Å². The highest BCUT2D eigenvalue weighted by Gasteiger charge is 2.19. The van der Waals surface area contributed by atoms with E-state index in [1.165, 1.54) is 14.7 Å². The molecule has 8 heteroatoms. The smallest absolute Gasteiger partial charge is 0.306 e. The van der Waals surface area contributed by atoms with Crippen LogP contribution in [0.1, 0.15) is 29.5 Å². The van der Waals surface area contributed by atoms with Crippen LogP contribution in [-0.2, 0) is 27.1 Å². The van der Waals surface area contributed by atoms with Gasteiger partial charge < -0.3 is 4.57 Å². The molecule has 0 unspecified atom stereocenters. The maximum Gasteiger partial charge on any atom is 0.332 e. The predicted molar refractivity (Wildman–Crippen MR) is 125 cm³/mol. The maximum atomic E-state index is 13.2. The highest BCUT2D eigenvalue weighted by atomic mass is 16.2. The quantitative estimate of drug-likeness (QED) is 0.507. The van der Waals surface area contributed by atoms with Gasteiger partial charge in [-0.25, -0.2) is 10.2 Å². The highest BCUT2D eigenvalue weighted by Crippen LogP contribution is 2.22. The largest absolute Gasteiger partial charge is 0.332 e. The first-order valence-electron chi connectivity index (χ1n) is 10.7. The molecule has 162 valence electrons. The average molecular weight is 428 g/mol. The summed E-state index contributed by atoms with van der Waals surface area (Å²) in [5.41, 5.74) is 7.23. The van der Waals surface area contributed by atoms with Crippen molar-refractivity contribution in [2.24, 2.45) is 19.2 Å². The van der Waals surface area contributed by atoms with Gasteiger partial charge >= 0.3 is 5.69 Å². The van der Waals surface area contributed by atoms with Crippen LogP contribution in [0.5, 0.6) is 0 Å². The summed E-state index contributed by atoms with van der Waals surface area (Å²) in [6.45, 7) is 0.204. The van der Waals surface area contributed by atoms with Crippen molar-refractivity contribution < 1.29 is 0 Å². The van der Waals surface area contributed by atoms with Crippen molar-refractivity contribution in [2.75, 3.05) is 5.43 Å². The highest BCUT2D eigenvalue weighted by molar-refractivity contribution is 6.03. The molecule has 0 radical (unpaired) electrons. The van der Waals surface area contributed by atoms with Gasteiger partial charge in [0.25, 0.3) is 5.56 Å². The number of hydrogen-bond acceptors (Lipinski definition) is 5. The number of aromatic nitrogens is 4. The summed E-state index contributed by atoms with van der Waals surface area (Å²) < 4.78 is 4.32. The molecule has 0 atom stereocenters. The number of aryl methyl sites for hydroxylation is 3. The van der Waals surface area contributed by atoms with E-state index >= 15 is 0 Å². The third-order valence-electron chi connectivity index (χ3n) is 6.02. The molecule has 1 aliphatic carbocycles. The molecule has 0 saturated heterocycles. The normalized spacial score (nSPS) is 14.6. The van der Waals surface area contributed by atoms with Gasteiger partial charge in [0, 0.05) is 19.7 Å². The lowest BCUT2D eigenvalue weighted by molar-refractivity contribution is 0.655. The molecule has 1 aliphatic rings. The molecule has 2 aromatic heterocycles. The van der Waals surface area contributed by atoms with Crippen LogP contribution in [0.2, 0.25) is 0 Å². The average Bonchev–Trinajstić information content (AvgIpc) is 3.16. The molecule has 2 heterocycles. The lowest BCUT2D eigenvalue weighted by atomic mass is 9.90. The van der Waals surface area contributed by atoms with Crippen LogP contribution in [-0.4, -0.2) is 24.4 Å². The van der Waals surface area contributed by atoms with Crippen molar-refractivity contribution in [1.29, 1.82) is 0 Å². The predicted octanol–water partition coefficient (Wildman–Crippen LogP) is 2.63. The Labute approximate surface area is 184 Å². The lowest BCUT2D eigenvalue weighted by Crippen LogP contribution is -2.39. The topological polar surface area (TPSA) is 86.2 Å². The molecular formula is C24H24N6O2. The fraction of sp³-hybridized carbons (Fsp3) is 0.250. The minimum absolute atomic E-state index is 0.204. The van der Waals surface area contributed by atoms with Gasteiger partial charge in [-0.1, -0.05) is 54.6 Å². The zero-order chi connectivity index (χ0) is 22.2. The molecule has 0 amide bonds. The summed E-state index contributed by atoms with van der Waals surface area (Å²) in [5.74, 6) is 0.417. The van der Waals surface area contributed by atoms with Crippen LogP contribution in [0.4, 0.5) is 5.95 Å². The maximum absolute atomic E-state index is 13.2. The zero-order valence-electron chi connectivity index (χ0n) is 18.1. The molecule has 0 bridgehead atoms. The van der Waals surface area contributed by atoms with Crippen LogP contribution in [0.25, 0.3) is 11.2 Å². The number of rotatable bonds is 4. The van der Waals surface area contributed by atoms with E-state index in [1.807, 2.05) is 42.5 Å². The van der Waals surface area contributed by atoms with Crippen LogP contribution in [0.15, 0.2) is 69.3 Å². The van der Waals surface area contributed by atoms with Gasteiger partial charge in [0.1, 0.15) is 0 Å². The third-order valence-corrected chi connectivity index (χ3v) is 6.02. The molecule has 0 fully saturated rings. The molecule has 0 aliphatic heterocycles. The van der Waals surface area contributed by atoms with Crippen molar-refractivity contribution in [1.82, 2.24) is 18.7 Å². The van der Waals surface area contributed by atoms with E-state index in [0.717, 1.165) is 36.1 Å². The first kappa shape index (κ1) is 20.0. The second kappa shape index (κ2) is 7.96. The zero-order valence-corrected chi connectivity index (χ0v) is 18.1. The number of hydrogen-bond donors (Lipinski definition) is 1. The van der Waals surface area contributed by atoms with Crippen molar-refractivity contribution in [2.45, 2.75) is 25.8 Å². The van der Waals surface area contributed by atoms with E-state index in [-0.39, 0.29) is 12.1 Å². The molecule has 8 nitrogen and oxygen atoms in total. The minimum Gasteiger partial charge on any atom is -0.306 e.